The third kappa shape index (κ3) is 11.2. The van der Waals surface area contributed by atoms with Crippen molar-refractivity contribution < 1.29 is 0 Å². The van der Waals surface area contributed by atoms with Crippen LogP contribution in [0.25, 0.3) is 0 Å². The second-order valence-corrected chi connectivity index (χ2v) is 7.84. The summed E-state index contributed by atoms with van der Waals surface area (Å²) in [6.45, 7) is 12.0. The zero-order chi connectivity index (χ0) is 16.0. The molecule has 0 atom stereocenters. The fraction of sp³-hybridized carbons (Fsp3) is 1.00. The van der Waals surface area contributed by atoms with Gasteiger partial charge in [0, 0.05) is 0 Å². The molecule has 0 radical (unpaired) electrons. The number of rotatable bonds is 15. The fourth-order valence-electron chi connectivity index (χ4n) is 3.60. The van der Waals surface area contributed by atoms with E-state index in [2.05, 4.69) is 34.6 Å². The van der Waals surface area contributed by atoms with E-state index >= 15 is 0 Å². The normalized spacial score (nSPS) is 12.3. The van der Waals surface area contributed by atoms with Gasteiger partial charge in [-0.15, -0.1) is 0 Å². The first-order valence-electron chi connectivity index (χ1n) is 10.1. The van der Waals surface area contributed by atoms with Crippen molar-refractivity contribution in [2.75, 3.05) is 0 Å². The van der Waals surface area contributed by atoms with Gasteiger partial charge in [-0.2, -0.15) is 0 Å². The van der Waals surface area contributed by atoms with E-state index < -0.39 is 0 Å². The number of unbranched alkanes of at least 4 members (excludes halogenated alkanes) is 8. The van der Waals surface area contributed by atoms with Gasteiger partial charge in [0.1, 0.15) is 0 Å². The van der Waals surface area contributed by atoms with E-state index in [-0.39, 0.29) is 0 Å². The first-order valence-corrected chi connectivity index (χ1v) is 10.1. The predicted octanol–water partition coefficient (Wildman–Crippen LogP) is 8.15. The molecule has 0 unspecified atom stereocenters. The molecule has 21 heavy (non-hydrogen) atoms. The minimum absolute atomic E-state index is 0.563. The Bertz CT molecular complexity index is 192. The molecular formula is C21H44. The van der Waals surface area contributed by atoms with E-state index in [0.29, 0.717) is 5.41 Å². The molecule has 0 aromatic heterocycles. The summed E-state index contributed by atoms with van der Waals surface area (Å²) in [5.74, 6) is 0.961. The minimum Gasteiger partial charge on any atom is -0.0654 e. The van der Waals surface area contributed by atoms with Crippen molar-refractivity contribution in [3.63, 3.8) is 0 Å². The van der Waals surface area contributed by atoms with E-state index in [0.717, 1.165) is 5.92 Å². The van der Waals surface area contributed by atoms with Gasteiger partial charge in [-0.1, -0.05) is 105 Å². The smallest absolute Gasteiger partial charge is 0.0326 e. The molecule has 0 fully saturated rings. The first kappa shape index (κ1) is 21.0. The molecule has 0 aliphatic carbocycles. The van der Waals surface area contributed by atoms with Gasteiger partial charge in [0.05, 0.1) is 0 Å². The van der Waals surface area contributed by atoms with Crippen molar-refractivity contribution in [3.8, 4) is 0 Å². The van der Waals surface area contributed by atoms with Gasteiger partial charge in [-0.05, 0) is 30.6 Å². The molecule has 0 bridgehead atoms. The van der Waals surface area contributed by atoms with E-state index in [4.69, 9.17) is 0 Å². The van der Waals surface area contributed by atoms with Crippen LogP contribution >= 0.6 is 0 Å². The van der Waals surface area contributed by atoms with Crippen LogP contribution in [0.1, 0.15) is 125 Å². The molecule has 0 saturated heterocycles. The fourth-order valence-corrected chi connectivity index (χ4v) is 3.60. The maximum Gasteiger partial charge on any atom is -0.0326 e. The van der Waals surface area contributed by atoms with Crippen LogP contribution in [0.4, 0.5) is 0 Å². The van der Waals surface area contributed by atoms with Gasteiger partial charge >= 0.3 is 0 Å². The maximum absolute atomic E-state index is 2.55. The van der Waals surface area contributed by atoms with Crippen LogP contribution in [0.5, 0.6) is 0 Å². The molecule has 0 N–H and O–H groups in total. The monoisotopic (exact) mass is 296 g/mol. The summed E-state index contributed by atoms with van der Waals surface area (Å²) in [7, 11) is 0. The van der Waals surface area contributed by atoms with Crippen LogP contribution in [0.2, 0.25) is 0 Å². The Hall–Kier alpha value is 0. The highest BCUT2D eigenvalue weighted by molar-refractivity contribution is 4.78. The predicted molar refractivity (Wildman–Crippen MR) is 98.9 cm³/mol. The molecule has 0 nitrogen and oxygen atoms in total. The Morgan fingerprint density at radius 3 is 1.43 bits per heavy atom. The summed E-state index contributed by atoms with van der Waals surface area (Å²) in [6.07, 6.45) is 20.0. The minimum atomic E-state index is 0.563. The quantitative estimate of drug-likeness (QED) is 0.267. The number of hydrogen-bond acceptors (Lipinski definition) is 0. The zero-order valence-corrected chi connectivity index (χ0v) is 16.0. The van der Waals surface area contributed by atoms with Crippen molar-refractivity contribution in [1.82, 2.24) is 0 Å². The molecule has 0 aromatic rings. The second kappa shape index (κ2) is 13.6. The van der Waals surface area contributed by atoms with Gasteiger partial charge in [0.2, 0.25) is 0 Å². The highest BCUT2D eigenvalue weighted by atomic mass is 14.3. The number of hydrogen-bond donors (Lipinski definition) is 0. The maximum atomic E-state index is 2.55. The molecule has 0 amide bonds. The van der Waals surface area contributed by atoms with E-state index in [9.17, 15) is 0 Å². The van der Waals surface area contributed by atoms with Gasteiger partial charge in [-0.25, -0.2) is 0 Å². The van der Waals surface area contributed by atoms with Crippen molar-refractivity contribution in [2.24, 2.45) is 11.3 Å². The van der Waals surface area contributed by atoms with E-state index in [1.807, 2.05) is 0 Å². The highest BCUT2D eigenvalue weighted by Crippen LogP contribution is 2.39. The van der Waals surface area contributed by atoms with Crippen molar-refractivity contribution >= 4 is 0 Å². The Balaban J connectivity index is 4.23. The Morgan fingerprint density at radius 2 is 1.00 bits per heavy atom. The topological polar surface area (TPSA) is 0 Å². The van der Waals surface area contributed by atoms with Crippen LogP contribution in [-0.2, 0) is 0 Å². The molecule has 0 aromatic carbocycles. The summed E-state index contributed by atoms with van der Waals surface area (Å²) in [5, 5.41) is 0. The SMILES string of the molecule is CCCCCCC(CCCCCC)C(C)(C)CCCCC. The van der Waals surface area contributed by atoms with Crippen LogP contribution in [0, 0.1) is 11.3 Å². The molecule has 0 aliphatic heterocycles. The summed E-state index contributed by atoms with van der Waals surface area (Å²) in [5.41, 5.74) is 0.563. The first-order chi connectivity index (χ1) is 10.1. The third-order valence-corrected chi connectivity index (χ3v) is 5.34. The molecular weight excluding hydrogens is 252 g/mol. The second-order valence-electron chi connectivity index (χ2n) is 7.84. The molecule has 0 saturated carbocycles. The average molecular weight is 297 g/mol. The average Bonchev–Trinajstić information content (AvgIpc) is 2.45. The van der Waals surface area contributed by atoms with Crippen LogP contribution < -0.4 is 0 Å². The van der Waals surface area contributed by atoms with Crippen molar-refractivity contribution in [2.45, 2.75) is 125 Å². The molecule has 0 heteroatoms. The molecule has 0 aliphatic rings. The zero-order valence-electron chi connectivity index (χ0n) is 16.0. The molecule has 0 rings (SSSR count). The van der Waals surface area contributed by atoms with Gasteiger partial charge in [-0.3, -0.25) is 0 Å². The highest BCUT2D eigenvalue weighted by Gasteiger charge is 2.27. The summed E-state index contributed by atoms with van der Waals surface area (Å²) >= 11 is 0. The van der Waals surface area contributed by atoms with Gasteiger partial charge in [0.15, 0.2) is 0 Å². The summed E-state index contributed by atoms with van der Waals surface area (Å²) < 4.78 is 0. The third-order valence-electron chi connectivity index (χ3n) is 5.34. The van der Waals surface area contributed by atoms with Crippen molar-refractivity contribution in [1.29, 1.82) is 0 Å². The van der Waals surface area contributed by atoms with Crippen LogP contribution in [-0.4, -0.2) is 0 Å². The van der Waals surface area contributed by atoms with E-state index in [1.165, 1.54) is 89.9 Å². The molecule has 0 heterocycles. The Kier molecular flexibility index (Phi) is 13.6. The molecule has 128 valence electrons. The summed E-state index contributed by atoms with van der Waals surface area (Å²) in [6, 6.07) is 0. The van der Waals surface area contributed by atoms with Crippen LogP contribution in [0.3, 0.4) is 0 Å². The van der Waals surface area contributed by atoms with E-state index in [1.54, 1.807) is 0 Å². The summed E-state index contributed by atoms with van der Waals surface area (Å²) in [4.78, 5) is 0. The van der Waals surface area contributed by atoms with Crippen molar-refractivity contribution in [3.05, 3.63) is 0 Å². The Morgan fingerprint density at radius 1 is 0.571 bits per heavy atom. The lowest BCUT2D eigenvalue weighted by Gasteiger charge is -2.35. The standard InChI is InChI=1S/C21H44/c1-6-9-12-14-17-20(18-15-13-10-7-2)21(4,5)19-16-11-8-3/h20H,6-19H2,1-5H3. The van der Waals surface area contributed by atoms with Gasteiger partial charge in [0.25, 0.3) is 0 Å². The lowest BCUT2D eigenvalue weighted by Crippen LogP contribution is -2.24. The Labute approximate surface area is 136 Å². The largest absolute Gasteiger partial charge is 0.0654 e. The lowest BCUT2D eigenvalue weighted by molar-refractivity contribution is 0.159. The van der Waals surface area contributed by atoms with Crippen LogP contribution in [0.15, 0.2) is 0 Å². The lowest BCUT2D eigenvalue weighted by atomic mass is 9.70. The molecule has 0 spiro atoms. The van der Waals surface area contributed by atoms with Gasteiger partial charge < -0.3 is 0 Å².